The lowest BCUT2D eigenvalue weighted by molar-refractivity contribution is -0.130. The van der Waals surface area contributed by atoms with Crippen molar-refractivity contribution >= 4 is 5.91 Å². The third-order valence-corrected chi connectivity index (χ3v) is 1.71. The van der Waals surface area contributed by atoms with Crippen LogP contribution in [0.15, 0.2) is 0 Å². The molecule has 1 fully saturated rings. The van der Waals surface area contributed by atoms with Crippen molar-refractivity contribution in [2.45, 2.75) is 18.9 Å². The minimum Gasteiger partial charge on any atom is -0.347 e. The van der Waals surface area contributed by atoms with Gasteiger partial charge >= 0.3 is 0 Å². The van der Waals surface area contributed by atoms with Crippen LogP contribution >= 0.6 is 0 Å². The first-order chi connectivity index (χ1) is 4.72. The van der Waals surface area contributed by atoms with Crippen LogP contribution < -0.4 is 5.32 Å². The highest BCUT2D eigenvalue weighted by atomic mass is 16.2. The fourth-order valence-corrected chi connectivity index (χ4v) is 1.12. The van der Waals surface area contributed by atoms with E-state index in [0.717, 1.165) is 19.4 Å². The van der Waals surface area contributed by atoms with E-state index in [1.165, 1.54) is 0 Å². The summed E-state index contributed by atoms with van der Waals surface area (Å²) < 4.78 is 0. The Morgan fingerprint density at radius 1 is 1.60 bits per heavy atom. The zero-order chi connectivity index (χ0) is 7.56. The second-order valence-electron chi connectivity index (χ2n) is 2.80. The first kappa shape index (κ1) is 7.54. The van der Waals surface area contributed by atoms with E-state index in [0.29, 0.717) is 0 Å². The minimum absolute atomic E-state index is 0.0324. The number of amides is 1. The molecule has 3 heteroatoms. The van der Waals surface area contributed by atoms with Crippen molar-refractivity contribution in [3.8, 4) is 0 Å². The molecule has 1 rings (SSSR count). The summed E-state index contributed by atoms with van der Waals surface area (Å²) in [5, 5.41) is 4.17. The van der Waals surface area contributed by atoms with Gasteiger partial charge in [0.1, 0.15) is 6.04 Å². The summed E-state index contributed by atoms with van der Waals surface area (Å²) in [6, 6.07) is -0.0324. The van der Waals surface area contributed by atoms with E-state index in [2.05, 4.69) is 5.32 Å². The molecule has 1 aliphatic heterocycles. The molecule has 0 spiro atoms. The van der Waals surface area contributed by atoms with Gasteiger partial charge in [0.25, 0.3) is 0 Å². The number of hydrogen-bond acceptors (Lipinski definition) is 1. The van der Waals surface area contributed by atoms with Crippen LogP contribution in [0.25, 0.3) is 0 Å². The van der Waals surface area contributed by atoms with Crippen molar-refractivity contribution in [2.75, 3.05) is 20.6 Å². The maximum absolute atomic E-state index is 11.2. The SMILES string of the molecule is CN(C)C(=O)C1CCC[N]1. The van der Waals surface area contributed by atoms with E-state index in [1.807, 2.05) is 0 Å². The standard InChI is InChI=1S/C7H13N2O/c1-9(2)7(10)6-4-3-5-8-6/h6H,3-5H2,1-2H3. The Morgan fingerprint density at radius 3 is 2.70 bits per heavy atom. The molecule has 1 heterocycles. The zero-order valence-electron chi connectivity index (χ0n) is 6.50. The van der Waals surface area contributed by atoms with E-state index in [9.17, 15) is 4.79 Å². The molecule has 0 N–H and O–H groups in total. The molecule has 0 aliphatic carbocycles. The average Bonchev–Trinajstić information content (AvgIpc) is 2.36. The highest BCUT2D eigenvalue weighted by molar-refractivity contribution is 5.81. The van der Waals surface area contributed by atoms with Crippen LogP contribution in [0.2, 0.25) is 0 Å². The van der Waals surface area contributed by atoms with Gasteiger partial charge in [-0.25, -0.2) is 5.32 Å². The highest BCUT2D eigenvalue weighted by Gasteiger charge is 2.24. The number of hydrogen-bond donors (Lipinski definition) is 0. The zero-order valence-corrected chi connectivity index (χ0v) is 6.50. The fourth-order valence-electron chi connectivity index (χ4n) is 1.12. The number of nitrogens with zero attached hydrogens (tertiary/aromatic N) is 2. The van der Waals surface area contributed by atoms with Gasteiger partial charge in [0.2, 0.25) is 5.91 Å². The number of carbonyl (C=O) groups is 1. The van der Waals surface area contributed by atoms with Crippen LogP contribution in [0.5, 0.6) is 0 Å². The van der Waals surface area contributed by atoms with Gasteiger partial charge in [0.05, 0.1) is 0 Å². The molecule has 0 saturated carbocycles. The van der Waals surface area contributed by atoms with Crippen LogP contribution in [0, 0.1) is 0 Å². The predicted octanol–water partition coefficient (Wildman–Crippen LogP) is -0.159. The Labute approximate surface area is 61.4 Å². The summed E-state index contributed by atoms with van der Waals surface area (Å²) in [5.41, 5.74) is 0. The van der Waals surface area contributed by atoms with Crippen LogP contribution in [0.1, 0.15) is 12.8 Å². The van der Waals surface area contributed by atoms with Crippen molar-refractivity contribution in [3.63, 3.8) is 0 Å². The Morgan fingerprint density at radius 2 is 2.30 bits per heavy atom. The maximum atomic E-state index is 11.2. The minimum atomic E-state index is -0.0324. The third kappa shape index (κ3) is 1.48. The van der Waals surface area contributed by atoms with E-state index in [4.69, 9.17) is 0 Å². The molecular formula is C7H13N2O. The predicted molar refractivity (Wildman–Crippen MR) is 38.7 cm³/mol. The molecule has 1 atom stereocenters. The largest absolute Gasteiger partial charge is 0.347 e. The van der Waals surface area contributed by atoms with Gasteiger partial charge in [-0.05, 0) is 12.8 Å². The van der Waals surface area contributed by atoms with Crippen molar-refractivity contribution < 1.29 is 4.79 Å². The smallest absolute Gasteiger partial charge is 0.240 e. The van der Waals surface area contributed by atoms with Crippen molar-refractivity contribution in [1.82, 2.24) is 10.2 Å². The molecule has 1 radical (unpaired) electrons. The topological polar surface area (TPSA) is 34.4 Å². The summed E-state index contributed by atoms with van der Waals surface area (Å²) in [6.07, 6.45) is 2.02. The number of rotatable bonds is 1. The molecule has 3 nitrogen and oxygen atoms in total. The van der Waals surface area contributed by atoms with E-state index in [1.54, 1.807) is 19.0 Å². The molecule has 0 bridgehead atoms. The maximum Gasteiger partial charge on any atom is 0.240 e. The summed E-state index contributed by atoms with van der Waals surface area (Å²) >= 11 is 0. The van der Waals surface area contributed by atoms with Crippen LogP contribution in [-0.4, -0.2) is 37.5 Å². The van der Waals surface area contributed by atoms with Crippen molar-refractivity contribution in [1.29, 1.82) is 0 Å². The Bertz CT molecular complexity index is 128. The van der Waals surface area contributed by atoms with Gasteiger partial charge < -0.3 is 4.90 Å². The second kappa shape index (κ2) is 3.01. The van der Waals surface area contributed by atoms with Crippen molar-refractivity contribution in [2.24, 2.45) is 0 Å². The summed E-state index contributed by atoms with van der Waals surface area (Å²) in [4.78, 5) is 12.8. The Kier molecular flexibility index (Phi) is 2.27. The molecule has 1 saturated heterocycles. The van der Waals surface area contributed by atoms with Gasteiger partial charge in [0, 0.05) is 20.6 Å². The van der Waals surface area contributed by atoms with Gasteiger partial charge in [0.15, 0.2) is 0 Å². The normalized spacial score (nSPS) is 24.8. The molecule has 0 aromatic heterocycles. The molecular weight excluding hydrogens is 128 g/mol. The van der Waals surface area contributed by atoms with E-state index >= 15 is 0 Å². The van der Waals surface area contributed by atoms with Crippen molar-refractivity contribution in [3.05, 3.63) is 0 Å². The van der Waals surface area contributed by atoms with Gasteiger partial charge in [-0.15, -0.1) is 0 Å². The summed E-state index contributed by atoms with van der Waals surface area (Å²) in [6.45, 7) is 0.865. The highest BCUT2D eigenvalue weighted by Crippen LogP contribution is 2.08. The van der Waals surface area contributed by atoms with Gasteiger partial charge in [-0.1, -0.05) is 0 Å². The van der Waals surface area contributed by atoms with Crippen LogP contribution in [0.3, 0.4) is 0 Å². The Balaban J connectivity index is 2.40. The molecule has 10 heavy (non-hydrogen) atoms. The van der Waals surface area contributed by atoms with Gasteiger partial charge in [-0.3, -0.25) is 4.79 Å². The van der Waals surface area contributed by atoms with E-state index in [-0.39, 0.29) is 11.9 Å². The molecule has 1 amide bonds. The van der Waals surface area contributed by atoms with Crippen LogP contribution in [0.4, 0.5) is 0 Å². The lowest BCUT2D eigenvalue weighted by Crippen LogP contribution is -2.36. The average molecular weight is 141 g/mol. The lowest BCUT2D eigenvalue weighted by Gasteiger charge is -2.14. The first-order valence-electron chi connectivity index (χ1n) is 3.59. The lowest BCUT2D eigenvalue weighted by atomic mass is 10.2. The van der Waals surface area contributed by atoms with Gasteiger partial charge in [-0.2, -0.15) is 0 Å². The molecule has 0 aromatic rings. The monoisotopic (exact) mass is 141 g/mol. The fraction of sp³-hybridized carbons (Fsp3) is 0.857. The molecule has 1 unspecified atom stereocenters. The molecule has 1 aliphatic rings. The quantitative estimate of drug-likeness (QED) is 0.499. The number of likely N-dealkylation sites (N-methyl/N-ethyl adjacent to an activating group) is 1. The second-order valence-corrected chi connectivity index (χ2v) is 2.80. The summed E-state index contributed by atoms with van der Waals surface area (Å²) in [5.74, 6) is 0.150. The molecule has 0 aromatic carbocycles. The van der Waals surface area contributed by atoms with E-state index < -0.39 is 0 Å². The van der Waals surface area contributed by atoms with Crippen LogP contribution in [-0.2, 0) is 4.79 Å². The first-order valence-corrected chi connectivity index (χ1v) is 3.59. The summed E-state index contributed by atoms with van der Waals surface area (Å²) in [7, 11) is 3.55. The Hall–Kier alpha value is -0.570. The number of carbonyl (C=O) groups excluding carboxylic acids is 1. The molecule has 57 valence electrons. The third-order valence-electron chi connectivity index (χ3n) is 1.71.